The van der Waals surface area contributed by atoms with Crippen molar-refractivity contribution in [3.8, 4) is 5.88 Å². The quantitative estimate of drug-likeness (QED) is 0.794. The summed E-state index contributed by atoms with van der Waals surface area (Å²) in [5.74, 6) is 0.169. The second kappa shape index (κ2) is 6.78. The topological polar surface area (TPSA) is 75.5 Å². The van der Waals surface area contributed by atoms with E-state index < -0.39 is 5.97 Å². The molecule has 1 unspecified atom stereocenters. The molecular weight excluding hydrogens is 234 g/mol. The van der Waals surface area contributed by atoms with Crippen molar-refractivity contribution in [2.45, 2.75) is 33.2 Å². The molecule has 0 fully saturated rings. The Labute approximate surface area is 107 Å². The number of carboxylic acids is 1. The molecule has 1 aromatic rings. The molecule has 0 radical (unpaired) electrons. The molecule has 0 aliphatic heterocycles. The van der Waals surface area contributed by atoms with Gasteiger partial charge in [-0.15, -0.1) is 0 Å². The van der Waals surface area contributed by atoms with Gasteiger partial charge in [-0.05, 0) is 20.8 Å². The van der Waals surface area contributed by atoms with E-state index in [0.717, 1.165) is 0 Å². The molecule has 0 aliphatic carbocycles. The van der Waals surface area contributed by atoms with Crippen molar-refractivity contribution in [3.05, 3.63) is 12.3 Å². The van der Waals surface area contributed by atoms with Crippen molar-refractivity contribution in [1.29, 1.82) is 0 Å². The van der Waals surface area contributed by atoms with Crippen molar-refractivity contribution in [3.63, 3.8) is 0 Å². The molecule has 1 atom stereocenters. The summed E-state index contributed by atoms with van der Waals surface area (Å²) in [6.45, 7) is 6.84. The third-order valence-corrected chi connectivity index (χ3v) is 2.51. The number of carbonyl (C=O) groups is 1. The predicted octanol–water partition coefficient (Wildman–Crippen LogP) is 1.56. The third-order valence-electron chi connectivity index (χ3n) is 2.51. The molecule has 1 N–H and O–H groups in total. The van der Waals surface area contributed by atoms with E-state index in [4.69, 9.17) is 9.84 Å². The van der Waals surface area contributed by atoms with Crippen LogP contribution in [-0.4, -0.2) is 40.2 Å². The van der Waals surface area contributed by atoms with Crippen molar-refractivity contribution in [1.82, 2.24) is 9.97 Å². The fourth-order valence-corrected chi connectivity index (χ4v) is 1.71. The van der Waals surface area contributed by atoms with E-state index in [9.17, 15) is 4.79 Å². The molecule has 6 nitrogen and oxygen atoms in total. The van der Waals surface area contributed by atoms with Gasteiger partial charge in [0.15, 0.2) is 0 Å². The van der Waals surface area contributed by atoms with Gasteiger partial charge in [0.25, 0.3) is 0 Å². The van der Waals surface area contributed by atoms with Crippen LogP contribution >= 0.6 is 0 Å². The summed E-state index contributed by atoms with van der Waals surface area (Å²) in [4.78, 5) is 21.0. The van der Waals surface area contributed by atoms with E-state index >= 15 is 0 Å². The van der Waals surface area contributed by atoms with Gasteiger partial charge in [-0.1, -0.05) is 0 Å². The lowest BCUT2D eigenvalue weighted by Crippen LogP contribution is -2.35. The van der Waals surface area contributed by atoms with Gasteiger partial charge in [0.2, 0.25) is 11.8 Å². The molecule has 6 heteroatoms. The van der Waals surface area contributed by atoms with Gasteiger partial charge in [-0.3, -0.25) is 4.79 Å². The first-order valence-corrected chi connectivity index (χ1v) is 6.02. The molecule has 0 aliphatic rings. The maximum Gasteiger partial charge on any atom is 0.305 e. The van der Waals surface area contributed by atoms with Crippen molar-refractivity contribution in [2.75, 3.05) is 18.1 Å². The molecular formula is C12H19N3O3. The minimum atomic E-state index is -0.832. The van der Waals surface area contributed by atoms with Gasteiger partial charge in [-0.2, -0.15) is 4.98 Å². The lowest BCUT2D eigenvalue weighted by atomic mass is 10.2. The smallest absolute Gasteiger partial charge is 0.305 e. The number of ether oxygens (including phenoxy) is 1. The number of hydrogen-bond acceptors (Lipinski definition) is 5. The van der Waals surface area contributed by atoms with E-state index in [-0.39, 0.29) is 12.5 Å². The molecule has 0 aromatic carbocycles. The number of hydrogen-bond donors (Lipinski definition) is 1. The van der Waals surface area contributed by atoms with Crippen LogP contribution in [0.1, 0.15) is 27.2 Å². The fourth-order valence-electron chi connectivity index (χ4n) is 1.71. The number of aliphatic carboxylic acids is 1. The Morgan fingerprint density at radius 2 is 2.28 bits per heavy atom. The summed E-state index contributed by atoms with van der Waals surface area (Å²) in [5, 5.41) is 8.82. The van der Waals surface area contributed by atoms with Gasteiger partial charge in [0.1, 0.15) is 0 Å². The molecule has 100 valence electrons. The van der Waals surface area contributed by atoms with E-state index in [1.807, 2.05) is 25.7 Å². The van der Waals surface area contributed by atoms with Gasteiger partial charge in [0.05, 0.1) is 13.0 Å². The Morgan fingerprint density at radius 3 is 2.83 bits per heavy atom. The summed E-state index contributed by atoms with van der Waals surface area (Å²) in [7, 11) is 0. The highest BCUT2D eigenvalue weighted by molar-refractivity contribution is 5.68. The molecule has 0 spiro atoms. The van der Waals surface area contributed by atoms with Gasteiger partial charge < -0.3 is 14.7 Å². The first-order valence-electron chi connectivity index (χ1n) is 6.02. The minimum Gasteiger partial charge on any atom is -0.481 e. The van der Waals surface area contributed by atoms with Crippen LogP contribution in [0, 0.1) is 0 Å². The average molecular weight is 253 g/mol. The molecule has 1 heterocycles. The molecule has 1 aromatic heterocycles. The van der Waals surface area contributed by atoms with Crippen LogP contribution in [0.5, 0.6) is 5.88 Å². The van der Waals surface area contributed by atoms with Crippen molar-refractivity contribution < 1.29 is 14.6 Å². The lowest BCUT2D eigenvalue weighted by molar-refractivity contribution is -0.137. The van der Waals surface area contributed by atoms with Crippen LogP contribution in [0.3, 0.4) is 0 Å². The number of rotatable bonds is 7. The SMILES string of the molecule is CCOc1ccnc(N(CC)C(C)CC(=O)O)n1. The van der Waals surface area contributed by atoms with E-state index in [1.54, 1.807) is 12.3 Å². The second-order valence-electron chi connectivity index (χ2n) is 3.86. The molecule has 0 bridgehead atoms. The first-order chi connectivity index (χ1) is 8.58. The van der Waals surface area contributed by atoms with Gasteiger partial charge in [-0.25, -0.2) is 4.98 Å². The number of carboxylic acid groups (broad SMARTS) is 1. The fraction of sp³-hybridized carbons (Fsp3) is 0.583. The third kappa shape index (κ3) is 3.87. The van der Waals surface area contributed by atoms with Crippen LogP contribution in [0.4, 0.5) is 5.95 Å². The maximum absolute atomic E-state index is 10.7. The zero-order chi connectivity index (χ0) is 13.5. The zero-order valence-corrected chi connectivity index (χ0v) is 11.0. The van der Waals surface area contributed by atoms with Crippen molar-refractivity contribution >= 4 is 11.9 Å². The van der Waals surface area contributed by atoms with E-state index in [1.165, 1.54) is 0 Å². The summed E-state index contributed by atoms with van der Waals surface area (Å²) < 4.78 is 5.31. The van der Waals surface area contributed by atoms with Crippen LogP contribution in [0.15, 0.2) is 12.3 Å². The number of aromatic nitrogens is 2. The standard InChI is InChI=1S/C12H19N3O3/c1-4-15(9(3)8-11(16)17)12-13-7-6-10(14-12)18-5-2/h6-7,9H,4-5,8H2,1-3H3,(H,16,17). The average Bonchev–Trinajstić information content (AvgIpc) is 2.30. The summed E-state index contributed by atoms with van der Waals surface area (Å²) >= 11 is 0. The molecule has 18 heavy (non-hydrogen) atoms. The normalized spacial score (nSPS) is 11.9. The highest BCUT2D eigenvalue weighted by atomic mass is 16.5. The van der Waals surface area contributed by atoms with Crippen LogP contribution in [0.25, 0.3) is 0 Å². The molecule has 1 rings (SSSR count). The van der Waals surface area contributed by atoms with Gasteiger partial charge >= 0.3 is 5.97 Å². The Balaban J connectivity index is 2.86. The van der Waals surface area contributed by atoms with E-state index in [0.29, 0.717) is 25.0 Å². The maximum atomic E-state index is 10.7. The second-order valence-corrected chi connectivity index (χ2v) is 3.86. The highest BCUT2D eigenvalue weighted by Gasteiger charge is 2.18. The summed E-state index contributed by atoms with van der Waals surface area (Å²) in [5.41, 5.74) is 0. The molecule has 0 saturated heterocycles. The zero-order valence-electron chi connectivity index (χ0n) is 11.0. The Kier molecular flexibility index (Phi) is 5.35. The van der Waals surface area contributed by atoms with Crippen molar-refractivity contribution in [2.24, 2.45) is 0 Å². The number of nitrogens with zero attached hydrogens (tertiary/aromatic N) is 3. The minimum absolute atomic E-state index is 0.0516. The molecule has 0 saturated carbocycles. The first kappa shape index (κ1) is 14.2. The van der Waals surface area contributed by atoms with Crippen LogP contribution < -0.4 is 9.64 Å². The van der Waals surface area contributed by atoms with Crippen LogP contribution in [-0.2, 0) is 4.79 Å². The summed E-state index contributed by atoms with van der Waals surface area (Å²) in [6, 6.07) is 1.52. The lowest BCUT2D eigenvalue weighted by Gasteiger charge is -2.26. The predicted molar refractivity (Wildman–Crippen MR) is 67.9 cm³/mol. The summed E-state index contributed by atoms with van der Waals surface area (Å²) in [6.07, 6.45) is 1.67. The largest absolute Gasteiger partial charge is 0.481 e. The Bertz CT molecular complexity index is 398. The Morgan fingerprint density at radius 1 is 1.56 bits per heavy atom. The highest BCUT2D eigenvalue weighted by Crippen LogP contribution is 2.16. The van der Waals surface area contributed by atoms with Crippen LogP contribution in [0.2, 0.25) is 0 Å². The monoisotopic (exact) mass is 253 g/mol. The number of anilines is 1. The van der Waals surface area contributed by atoms with Gasteiger partial charge in [0, 0.05) is 24.8 Å². The van der Waals surface area contributed by atoms with E-state index in [2.05, 4.69) is 9.97 Å². The Hall–Kier alpha value is -1.85. The molecule has 0 amide bonds.